The Balaban J connectivity index is 1.57. The lowest BCUT2D eigenvalue weighted by Gasteiger charge is -2.21. The summed E-state index contributed by atoms with van der Waals surface area (Å²) < 4.78 is 0. The Morgan fingerprint density at radius 3 is 2.47 bits per heavy atom. The van der Waals surface area contributed by atoms with Crippen LogP contribution in [-0.4, -0.2) is 48.8 Å². The van der Waals surface area contributed by atoms with Crippen molar-refractivity contribution in [3.63, 3.8) is 0 Å². The van der Waals surface area contributed by atoms with Crippen LogP contribution >= 0.6 is 0 Å². The van der Waals surface area contributed by atoms with Crippen LogP contribution in [0.5, 0.6) is 0 Å². The summed E-state index contributed by atoms with van der Waals surface area (Å²) in [6.07, 6.45) is 7.09. The molecule has 1 unspecified atom stereocenters. The molecule has 1 saturated heterocycles. The van der Waals surface area contributed by atoms with Gasteiger partial charge in [-0.05, 0) is 37.0 Å². The second-order valence-corrected chi connectivity index (χ2v) is 7.79. The van der Waals surface area contributed by atoms with Crippen molar-refractivity contribution in [3.05, 3.63) is 59.8 Å². The van der Waals surface area contributed by atoms with Crippen molar-refractivity contribution >= 4 is 11.8 Å². The second kappa shape index (κ2) is 12.2. The first kappa shape index (κ1) is 22.1. The van der Waals surface area contributed by atoms with Crippen molar-refractivity contribution in [2.45, 2.75) is 45.1 Å². The number of aromatic nitrogens is 1. The molecule has 3 rings (SSSR count). The Bertz CT molecular complexity index is 755. The Labute approximate surface area is 180 Å². The van der Waals surface area contributed by atoms with Crippen molar-refractivity contribution in [1.82, 2.24) is 15.6 Å². The zero-order chi connectivity index (χ0) is 21.0. The maximum absolute atomic E-state index is 9.77. The van der Waals surface area contributed by atoms with Gasteiger partial charge in [-0.25, -0.2) is 9.98 Å². The predicted octanol–water partition coefficient (Wildman–Crippen LogP) is 3.29. The molecule has 3 N–H and O–H groups in total. The van der Waals surface area contributed by atoms with Gasteiger partial charge in [0.1, 0.15) is 5.82 Å². The molecule has 0 aliphatic carbocycles. The second-order valence-electron chi connectivity index (χ2n) is 7.79. The molecule has 1 aromatic heterocycles. The number of anilines is 1. The maximum atomic E-state index is 9.77. The molecule has 162 valence electrons. The quantitative estimate of drug-likeness (QED) is 0.461. The SMILES string of the molecule is CCNC(=NCc1ccc(N2CCCCCC2)nc1)NCC(CO)c1ccccc1. The lowest BCUT2D eigenvalue weighted by atomic mass is 10.0. The smallest absolute Gasteiger partial charge is 0.191 e. The molecule has 1 atom stereocenters. The van der Waals surface area contributed by atoms with Crippen LogP contribution in [0.3, 0.4) is 0 Å². The molecular weight excluding hydrogens is 374 g/mol. The lowest BCUT2D eigenvalue weighted by Crippen LogP contribution is -2.39. The summed E-state index contributed by atoms with van der Waals surface area (Å²) in [5.41, 5.74) is 2.21. The van der Waals surface area contributed by atoms with Crippen molar-refractivity contribution in [2.24, 2.45) is 4.99 Å². The van der Waals surface area contributed by atoms with Crippen molar-refractivity contribution in [2.75, 3.05) is 37.7 Å². The molecule has 0 bridgehead atoms. The number of hydrogen-bond acceptors (Lipinski definition) is 4. The van der Waals surface area contributed by atoms with Gasteiger partial charge in [-0.1, -0.05) is 49.2 Å². The van der Waals surface area contributed by atoms with Gasteiger partial charge in [0.15, 0.2) is 5.96 Å². The highest BCUT2D eigenvalue weighted by molar-refractivity contribution is 5.79. The van der Waals surface area contributed by atoms with E-state index in [2.05, 4.69) is 39.6 Å². The zero-order valence-corrected chi connectivity index (χ0v) is 18.1. The Morgan fingerprint density at radius 2 is 1.83 bits per heavy atom. The van der Waals surface area contributed by atoms with E-state index in [0.717, 1.165) is 42.5 Å². The van der Waals surface area contributed by atoms with E-state index in [1.165, 1.54) is 25.7 Å². The molecular formula is C24H35N5O. The fourth-order valence-corrected chi connectivity index (χ4v) is 3.74. The summed E-state index contributed by atoms with van der Waals surface area (Å²) in [7, 11) is 0. The molecule has 6 nitrogen and oxygen atoms in total. The number of aliphatic imine (C=N–C) groups is 1. The normalized spacial score (nSPS) is 16.1. The van der Waals surface area contributed by atoms with Crippen LogP contribution in [0.4, 0.5) is 5.82 Å². The maximum Gasteiger partial charge on any atom is 0.191 e. The molecule has 6 heteroatoms. The number of hydrogen-bond donors (Lipinski definition) is 3. The average molecular weight is 410 g/mol. The highest BCUT2D eigenvalue weighted by Gasteiger charge is 2.12. The molecule has 0 saturated carbocycles. The predicted molar refractivity (Wildman–Crippen MR) is 124 cm³/mol. The molecule has 0 amide bonds. The third-order valence-corrected chi connectivity index (χ3v) is 5.51. The standard InChI is InChI=1S/C24H35N5O/c1-2-25-24(28-18-22(19-30)21-10-6-5-7-11-21)27-17-20-12-13-23(26-16-20)29-14-8-3-4-9-15-29/h5-7,10-13,16,22,30H,2-4,8-9,14-15,17-19H2,1H3,(H2,25,27,28). The highest BCUT2D eigenvalue weighted by atomic mass is 16.3. The third-order valence-electron chi connectivity index (χ3n) is 5.51. The van der Waals surface area contributed by atoms with Crippen LogP contribution in [-0.2, 0) is 6.54 Å². The van der Waals surface area contributed by atoms with Crippen LogP contribution in [0.2, 0.25) is 0 Å². The van der Waals surface area contributed by atoms with Gasteiger partial charge in [-0.2, -0.15) is 0 Å². The van der Waals surface area contributed by atoms with Crippen molar-refractivity contribution in [1.29, 1.82) is 0 Å². The van der Waals surface area contributed by atoms with Crippen molar-refractivity contribution in [3.8, 4) is 0 Å². The Hall–Kier alpha value is -2.60. The van der Waals surface area contributed by atoms with Crippen LogP contribution in [0.15, 0.2) is 53.7 Å². The molecule has 0 spiro atoms. The highest BCUT2D eigenvalue weighted by Crippen LogP contribution is 2.18. The monoisotopic (exact) mass is 409 g/mol. The summed E-state index contributed by atoms with van der Waals surface area (Å²) in [6, 6.07) is 14.3. The van der Waals surface area contributed by atoms with E-state index in [-0.39, 0.29) is 12.5 Å². The first-order chi connectivity index (χ1) is 14.8. The van der Waals surface area contributed by atoms with E-state index in [4.69, 9.17) is 4.99 Å². The largest absolute Gasteiger partial charge is 0.396 e. The number of aliphatic hydroxyl groups excluding tert-OH is 1. The molecule has 2 heterocycles. The van der Waals surface area contributed by atoms with E-state index >= 15 is 0 Å². The lowest BCUT2D eigenvalue weighted by molar-refractivity contribution is 0.265. The summed E-state index contributed by atoms with van der Waals surface area (Å²) in [4.78, 5) is 11.8. The van der Waals surface area contributed by atoms with Gasteiger partial charge < -0.3 is 20.6 Å². The molecule has 1 aromatic carbocycles. The number of aliphatic hydroxyl groups is 1. The number of nitrogens with zero attached hydrogens (tertiary/aromatic N) is 3. The van der Waals surface area contributed by atoms with Gasteiger partial charge in [0.05, 0.1) is 13.2 Å². The van der Waals surface area contributed by atoms with Gasteiger partial charge in [0, 0.05) is 38.3 Å². The Morgan fingerprint density at radius 1 is 1.07 bits per heavy atom. The fourth-order valence-electron chi connectivity index (χ4n) is 3.74. The van der Waals surface area contributed by atoms with E-state index in [1.807, 2.05) is 36.5 Å². The Kier molecular flexibility index (Phi) is 8.97. The van der Waals surface area contributed by atoms with Gasteiger partial charge >= 0.3 is 0 Å². The van der Waals surface area contributed by atoms with Gasteiger partial charge in [0.25, 0.3) is 0 Å². The minimum atomic E-state index is 0.0321. The number of guanidine groups is 1. The molecule has 2 aromatic rings. The van der Waals surface area contributed by atoms with Crippen LogP contribution in [0.25, 0.3) is 0 Å². The van der Waals surface area contributed by atoms with E-state index in [9.17, 15) is 5.11 Å². The molecule has 30 heavy (non-hydrogen) atoms. The van der Waals surface area contributed by atoms with Crippen LogP contribution < -0.4 is 15.5 Å². The third kappa shape index (κ3) is 6.73. The summed E-state index contributed by atoms with van der Waals surface area (Å²) in [5, 5.41) is 16.4. The van der Waals surface area contributed by atoms with Gasteiger partial charge in [-0.3, -0.25) is 0 Å². The topological polar surface area (TPSA) is 72.8 Å². The average Bonchev–Trinajstić information content (AvgIpc) is 3.08. The number of pyridine rings is 1. The van der Waals surface area contributed by atoms with Gasteiger partial charge in [0.2, 0.25) is 0 Å². The first-order valence-corrected chi connectivity index (χ1v) is 11.2. The summed E-state index contributed by atoms with van der Waals surface area (Å²) >= 11 is 0. The molecule has 0 radical (unpaired) electrons. The van der Waals surface area contributed by atoms with Crippen LogP contribution in [0, 0.1) is 0 Å². The molecule has 1 aliphatic rings. The number of benzene rings is 1. The number of rotatable bonds is 8. The minimum Gasteiger partial charge on any atom is -0.396 e. The summed E-state index contributed by atoms with van der Waals surface area (Å²) in [6.45, 7) is 6.33. The molecule has 1 fully saturated rings. The first-order valence-electron chi connectivity index (χ1n) is 11.2. The summed E-state index contributed by atoms with van der Waals surface area (Å²) in [5.74, 6) is 1.86. The fraction of sp³-hybridized carbons (Fsp3) is 0.500. The van der Waals surface area contributed by atoms with E-state index in [1.54, 1.807) is 0 Å². The minimum absolute atomic E-state index is 0.0321. The van der Waals surface area contributed by atoms with Gasteiger partial charge in [-0.15, -0.1) is 0 Å². The van der Waals surface area contributed by atoms with E-state index in [0.29, 0.717) is 13.1 Å². The van der Waals surface area contributed by atoms with E-state index < -0.39 is 0 Å². The molecule has 1 aliphatic heterocycles. The van der Waals surface area contributed by atoms with Crippen LogP contribution in [0.1, 0.15) is 49.7 Å². The number of nitrogens with one attached hydrogen (secondary N) is 2. The van der Waals surface area contributed by atoms with Crippen molar-refractivity contribution < 1.29 is 5.11 Å². The zero-order valence-electron chi connectivity index (χ0n) is 18.1.